The fourth-order valence-corrected chi connectivity index (χ4v) is 7.13. The predicted octanol–water partition coefficient (Wildman–Crippen LogP) is 5.25. The zero-order valence-electron chi connectivity index (χ0n) is 21.4. The topological polar surface area (TPSA) is 115 Å². The number of carbonyl (C=O) groups excluding carboxylic acids is 1. The molecule has 8 nitrogen and oxygen atoms in total. The molecule has 0 atom stereocenters. The van der Waals surface area contributed by atoms with E-state index in [1.807, 2.05) is 0 Å². The van der Waals surface area contributed by atoms with Gasteiger partial charge in [0.25, 0.3) is 0 Å². The molecule has 0 aliphatic carbocycles. The number of halogens is 2. The molecular formula is C28H28F2N6O2S. The minimum atomic E-state index is -2.48. The third-order valence-corrected chi connectivity index (χ3v) is 9.27. The summed E-state index contributed by atoms with van der Waals surface area (Å²) in [6.45, 7) is 3.39. The Hall–Kier alpha value is -4.12. The van der Waals surface area contributed by atoms with Gasteiger partial charge in [0.05, 0.1) is 20.8 Å². The van der Waals surface area contributed by atoms with Crippen molar-refractivity contribution >= 4 is 38.2 Å². The molecule has 0 bridgehead atoms. The zero-order chi connectivity index (χ0) is 27.7. The van der Waals surface area contributed by atoms with Crippen molar-refractivity contribution in [1.29, 1.82) is 0 Å². The minimum absolute atomic E-state index is 0.00325. The second kappa shape index (κ2) is 10.6. The maximum atomic E-state index is 15.4. The van der Waals surface area contributed by atoms with E-state index in [4.69, 9.17) is 5.73 Å². The van der Waals surface area contributed by atoms with Crippen molar-refractivity contribution in [1.82, 2.24) is 19.9 Å². The molecule has 2 aromatic heterocycles. The fourth-order valence-electron chi connectivity index (χ4n) is 4.93. The van der Waals surface area contributed by atoms with E-state index in [0.29, 0.717) is 50.5 Å². The van der Waals surface area contributed by atoms with E-state index >= 15 is 8.78 Å². The van der Waals surface area contributed by atoms with E-state index in [2.05, 4.69) is 26.2 Å². The number of nitrogens with one attached hydrogen (secondary N) is 1. The number of hydrogen-bond donors (Lipinski definition) is 2. The van der Waals surface area contributed by atoms with Crippen molar-refractivity contribution in [2.24, 2.45) is 11.4 Å². The highest BCUT2D eigenvalue weighted by atomic mass is 32.2. The SMILES string of the molecule is C=CC(=O)NCc1ccc(-c2c(-c3ccc(N=S4(=O)CCCCC4)c(F)c3)c3c(N)ncnc3n2C)cc1F. The van der Waals surface area contributed by atoms with Gasteiger partial charge in [-0.2, -0.15) is 4.36 Å². The van der Waals surface area contributed by atoms with Crippen LogP contribution in [0.15, 0.2) is 59.7 Å². The van der Waals surface area contributed by atoms with E-state index in [1.165, 1.54) is 24.5 Å². The molecule has 1 fully saturated rings. The van der Waals surface area contributed by atoms with Crippen LogP contribution in [0.2, 0.25) is 0 Å². The fraction of sp³-hybridized carbons (Fsp3) is 0.250. The van der Waals surface area contributed by atoms with Crippen LogP contribution in [0.1, 0.15) is 24.8 Å². The lowest BCUT2D eigenvalue weighted by atomic mass is 9.97. The summed E-state index contributed by atoms with van der Waals surface area (Å²) < 4.78 is 49.7. The summed E-state index contributed by atoms with van der Waals surface area (Å²) in [7, 11) is -0.724. The van der Waals surface area contributed by atoms with Crippen LogP contribution < -0.4 is 11.1 Å². The molecule has 0 spiro atoms. The van der Waals surface area contributed by atoms with Crippen molar-refractivity contribution in [3.05, 3.63) is 72.6 Å². The van der Waals surface area contributed by atoms with Gasteiger partial charge in [0.15, 0.2) is 0 Å². The third kappa shape index (κ3) is 5.14. The Morgan fingerprint density at radius 1 is 1.13 bits per heavy atom. The Labute approximate surface area is 225 Å². The Kier molecular flexibility index (Phi) is 7.17. The molecule has 0 radical (unpaired) electrons. The first-order valence-electron chi connectivity index (χ1n) is 12.5. The number of nitrogens with two attached hydrogens (primary N) is 1. The molecule has 39 heavy (non-hydrogen) atoms. The molecule has 0 unspecified atom stereocenters. The van der Waals surface area contributed by atoms with E-state index < -0.39 is 27.3 Å². The van der Waals surface area contributed by atoms with Gasteiger partial charge in [0.1, 0.15) is 35.1 Å². The molecule has 1 aliphatic heterocycles. The number of anilines is 1. The average molecular weight is 551 g/mol. The van der Waals surface area contributed by atoms with Gasteiger partial charge in [0.2, 0.25) is 5.91 Å². The van der Waals surface area contributed by atoms with Gasteiger partial charge >= 0.3 is 0 Å². The molecule has 2 aromatic carbocycles. The summed E-state index contributed by atoms with van der Waals surface area (Å²) in [6.07, 6.45) is 5.09. The van der Waals surface area contributed by atoms with E-state index in [1.54, 1.807) is 29.8 Å². The molecule has 1 aliphatic rings. The van der Waals surface area contributed by atoms with Gasteiger partial charge < -0.3 is 15.6 Å². The van der Waals surface area contributed by atoms with Crippen LogP contribution in [-0.4, -0.2) is 36.2 Å². The van der Waals surface area contributed by atoms with Gasteiger partial charge in [-0.05, 0) is 42.7 Å². The monoisotopic (exact) mass is 550 g/mol. The third-order valence-electron chi connectivity index (χ3n) is 6.89. The molecule has 1 saturated heterocycles. The summed E-state index contributed by atoms with van der Waals surface area (Å²) in [5.74, 6) is -0.417. The summed E-state index contributed by atoms with van der Waals surface area (Å²) in [6, 6.07) is 9.17. The highest BCUT2D eigenvalue weighted by Crippen LogP contribution is 2.42. The van der Waals surface area contributed by atoms with Gasteiger partial charge in [-0.3, -0.25) is 4.79 Å². The summed E-state index contributed by atoms with van der Waals surface area (Å²) in [4.78, 5) is 20.0. The van der Waals surface area contributed by atoms with E-state index in [9.17, 15) is 9.00 Å². The largest absolute Gasteiger partial charge is 0.383 e. The predicted molar refractivity (Wildman–Crippen MR) is 150 cm³/mol. The van der Waals surface area contributed by atoms with Crippen LogP contribution in [0.4, 0.5) is 20.3 Å². The van der Waals surface area contributed by atoms with Crippen LogP contribution in [0.25, 0.3) is 33.4 Å². The van der Waals surface area contributed by atoms with Crippen LogP contribution in [-0.2, 0) is 28.1 Å². The molecule has 11 heteroatoms. The van der Waals surface area contributed by atoms with Gasteiger partial charge in [-0.15, -0.1) is 0 Å². The number of nitrogen functional groups attached to an aromatic ring is 1. The highest BCUT2D eigenvalue weighted by Gasteiger charge is 2.24. The molecule has 0 saturated carbocycles. The summed E-state index contributed by atoms with van der Waals surface area (Å²) in [5.41, 5.74) is 9.16. The van der Waals surface area contributed by atoms with Gasteiger partial charge in [0, 0.05) is 41.8 Å². The van der Waals surface area contributed by atoms with Crippen molar-refractivity contribution in [2.45, 2.75) is 25.8 Å². The lowest BCUT2D eigenvalue weighted by Crippen LogP contribution is -2.20. The van der Waals surface area contributed by atoms with Gasteiger partial charge in [-0.25, -0.2) is 23.0 Å². The number of benzene rings is 2. The smallest absolute Gasteiger partial charge is 0.243 e. The van der Waals surface area contributed by atoms with Crippen molar-refractivity contribution in [2.75, 3.05) is 17.2 Å². The molecule has 1 amide bonds. The number of nitrogens with zero attached hydrogens (tertiary/aromatic N) is 4. The molecule has 3 heterocycles. The Morgan fingerprint density at radius 2 is 1.85 bits per heavy atom. The van der Waals surface area contributed by atoms with Crippen molar-refractivity contribution < 1.29 is 17.8 Å². The first-order valence-corrected chi connectivity index (χ1v) is 14.4. The Balaban J connectivity index is 1.64. The molecule has 5 rings (SSSR count). The normalized spacial score (nSPS) is 14.7. The van der Waals surface area contributed by atoms with E-state index in [-0.39, 0.29) is 18.1 Å². The van der Waals surface area contributed by atoms with Crippen LogP contribution in [0.5, 0.6) is 0 Å². The first kappa shape index (κ1) is 26.5. The summed E-state index contributed by atoms with van der Waals surface area (Å²) in [5, 5.41) is 3.06. The molecular weight excluding hydrogens is 522 g/mol. The van der Waals surface area contributed by atoms with E-state index in [0.717, 1.165) is 25.3 Å². The molecule has 202 valence electrons. The lowest BCUT2D eigenvalue weighted by molar-refractivity contribution is -0.116. The number of rotatable bonds is 6. The number of aryl methyl sites for hydroxylation is 1. The second-order valence-electron chi connectivity index (χ2n) is 9.47. The number of carbonyl (C=O) groups is 1. The standard InChI is InChI=1S/C28H28F2N6O2S/c1-3-23(37)32-15-19-8-7-18(14-20(19)29)26-24(25-27(31)33-16-34-28(25)36(26)2)17-9-10-22(21(30)13-17)35-39(38)11-5-4-6-12-39/h3,7-10,13-14,16H,1,4-6,11-12,15H2,2H3,(H,32,37)(H2,31,33,34). The van der Waals surface area contributed by atoms with Crippen LogP contribution >= 0.6 is 0 Å². The number of aromatic nitrogens is 3. The maximum absolute atomic E-state index is 15.4. The van der Waals surface area contributed by atoms with Crippen LogP contribution in [0.3, 0.4) is 0 Å². The maximum Gasteiger partial charge on any atom is 0.243 e. The second-order valence-corrected chi connectivity index (χ2v) is 12.0. The quantitative estimate of drug-likeness (QED) is 0.318. The molecule has 3 N–H and O–H groups in total. The minimum Gasteiger partial charge on any atom is -0.383 e. The van der Waals surface area contributed by atoms with Crippen LogP contribution in [0, 0.1) is 11.6 Å². The number of hydrogen-bond acceptors (Lipinski definition) is 6. The highest BCUT2D eigenvalue weighted by molar-refractivity contribution is 7.93. The molecule has 4 aromatic rings. The Bertz CT molecular complexity index is 1730. The summed E-state index contributed by atoms with van der Waals surface area (Å²) >= 11 is 0. The first-order chi connectivity index (χ1) is 18.7. The van der Waals surface area contributed by atoms with Crippen molar-refractivity contribution in [3.8, 4) is 22.4 Å². The Morgan fingerprint density at radius 3 is 2.54 bits per heavy atom. The number of fused-ring (bicyclic) bond motifs is 1. The number of amides is 1. The average Bonchev–Trinajstić information content (AvgIpc) is 3.22. The zero-order valence-corrected chi connectivity index (χ0v) is 22.2. The van der Waals surface area contributed by atoms with Crippen molar-refractivity contribution in [3.63, 3.8) is 0 Å². The van der Waals surface area contributed by atoms with Gasteiger partial charge in [-0.1, -0.05) is 31.2 Å². The lowest BCUT2D eigenvalue weighted by Gasteiger charge is -2.15.